The highest BCUT2D eigenvalue weighted by molar-refractivity contribution is 6.31. The van der Waals surface area contributed by atoms with Crippen LogP contribution >= 0.6 is 11.6 Å². The van der Waals surface area contributed by atoms with Crippen LogP contribution in [0.25, 0.3) is 0 Å². The monoisotopic (exact) mass is 280 g/mol. The summed E-state index contributed by atoms with van der Waals surface area (Å²) >= 11 is 5.69. The SMILES string of the molecule is N#CCN(C(=O)c1cccc(Cl)c1F)C1CCCC1. The second kappa shape index (κ2) is 6.03. The summed E-state index contributed by atoms with van der Waals surface area (Å²) in [5.41, 5.74) is -0.0605. The van der Waals surface area contributed by atoms with Gasteiger partial charge in [0.2, 0.25) is 0 Å². The number of nitrogens with zero attached hydrogens (tertiary/aromatic N) is 2. The predicted molar refractivity (Wildman–Crippen MR) is 70.3 cm³/mol. The Bertz CT molecular complexity index is 521. The molecule has 0 unspecified atom stereocenters. The molecule has 1 amide bonds. The van der Waals surface area contributed by atoms with E-state index >= 15 is 0 Å². The lowest BCUT2D eigenvalue weighted by Crippen LogP contribution is -2.39. The first-order valence-electron chi connectivity index (χ1n) is 6.27. The molecule has 1 aliphatic carbocycles. The average Bonchev–Trinajstić information content (AvgIpc) is 2.92. The fraction of sp³-hybridized carbons (Fsp3) is 0.429. The normalized spacial score (nSPS) is 15.2. The molecule has 0 bridgehead atoms. The van der Waals surface area contributed by atoms with E-state index in [1.165, 1.54) is 23.1 Å². The first-order chi connectivity index (χ1) is 9.15. The van der Waals surface area contributed by atoms with Gasteiger partial charge >= 0.3 is 0 Å². The molecule has 1 fully saturated rings. The lowest BCUT2D eigenvalue weighted by Gasteiger charge is -2.26. The maximum Gasteiger partial charge on any atom is 0.257 e. The minimum absolute atomic E-state index is 0.0184. The number of carbonyl (C=O) groups is 1. The van der Waals surface area contributed by atoms with Crippen molar-refractivity contribution >= 4 is 17.5 Å². The largest absolute Gasteiger partial charge is 0.322 e. The quantitative estimate of drug-likeness (QED) is 0.797. The van der Waals surface area contributed by atoms with Crippen molar-refractivity contribution < 1.29 is 9.18 Å². The van der Waals surface area contributed by atoms with E-state index in [-0.39, 0.29) is 23.2 Å². The van der Waals surface area contributed by atoms with Crippen LogP contribution in [-0.2, 0) is 0 Å². The summed E-state index contributed by atoms with van der Waals surface area (Å²) in [6, 6.07) is 6.36. The Morgan fingerprint density at radius 2 is 2.16 bits per heavy atom. The van der Waals surface area contributed by atoms with E-state index < -0.39 is 11.7 Å². The zero-order valence-electron chi connectivity index (χ0n) is 10.4. The molecule has 0 spiro atoms. The van der Waals surface area contributed by atoms with Crippen LogP contribution in [0.5, 0.6) is 0 Å². The second-order valence-electron chi connectivity index (χ2n) is 4.63. The van der Waals surface area contributed by atoms with Crippen LogP contribution in [0, 0.1) is 17.1 Å². The Morgan fingerprint density at radius 1 is 1.47 bits per heavy atom. The number of benzene rings is 1. The molecule has 0 heterocycles. The summed E-state index contributed by atoms with van der Waals surface area (Å²) in [5.74, 6) is -1.16. The minimum atomic E-state index is -0.713. The molecule has 1 aromatic carbocycles. The zero-order valence-corrected chi connectivity index (χ0v) is 11.2. The van der Waals surface area contributed by atoms with Crippen LogP contribution in [0.15, 0.2) is 18.2 Å². The Kier molecular flexibility index (Phi) is 4.39. The zero-order chi connectivity index (χ0) is 13.8. The van der Waals surface area contributed by atoms with Gasteiger partial charge in [-0.25, -0.2) is 4.39 Å². The molecule has 0 saturated heterocycles. The minimum Gasteiger partial charge on any atom is -0.322 e. The van der Waals surface area contributed by atoms with Crippen LogP contribution < -0.4 is 0 Å². The summed E-state index contributed by atoms with van der Waals surface area (Å²) in [5, 5.41) is 8.78. The number of nitriles is 1. The van der Waals surface area contributed by atoms with Gasteiger partial charge in [-0.1, -0.05) is 30.5 Å². The van der Waals surface area contributed by atoms with Crippen LogP contribution in [0.1, 0.15) is 36.0 Å². The van der Waals surface area contributed by atoms with Gasteiger partial charge in [-0.15, -0.1) is 0 Å². The van der Waals surface area contributed by atoms with Crippen molar-refractivity contribution in [2.45, 2.75) is 31.7 Å². The van der Waals surface area contributed by atoms with E-state index in [4.69, 9.17) is 16.9 Å². The molecule has 100 valence electrons. The van der Waals surface area contributed by atoms with Crippen LogP contribution in [-0.4, -0.2) is 23.4 Å². The number of amides is 1. The second-order valence-corrected chi connectivity index (χ2v) is 5.04. The fourth-order valence-corrected chi connectivity index (χ4v) is 2.66. The third-order valence-corrected chi connectivity index (χ3v) is 3.74. The predicted octanol–water partition coefficient (Wildman–Crippen LogP) is 3.39. The third kappa shape index (κ3) is 2.87. The van der Waals surface area contributed by atoms with Crippen molar-refractivity contribution in [2.75, 3.05) is 6.54 Å². The highest BCUT2D eigenvalue weighted by Gasteiger charge is 2.29. The smallest absolute Gasteiger partial charge is 0.257 e. The topological polar surface area (TPSA) is 44.1 Å². The van der Waals surface area contributed by atoms with Gasteiger partial charge in [0.1, 0.15) is 6.54 Å². The van der Waals surface area contributed by atoms with E-state index in [0.717, 1.165) is 25.7 Å². The Morgan fingerprint density at radius 3 is 2.79 bits per heavy atom. The summed E-state index contributed by atoms with van der Waals surface area (Å²) in [6.45, 7) is -0.0184. The molecule has 0 N–H and O–H groups in total. The number of hydrogen-bond donors (Lipinski definition) is 0. The lowest BCUT2D eigenvalue weighted by molar-refractivity contribution is 0.0704. The van der Waals surface area contributed by atoms with E-state index in [0.29, 0.717) is 0 Å². The standard InChI is InChI=1S/C14H14ClFN2O/c15-12-7-3-6-11(13(12)16)14(19)18(9-8-17)10-4-1-2-5-10/h3,6-7,10H,1-2,4-5,9H2. The third-order valence-electron chi connectivity index (χ3n) is 3.45. The summed E-state index contributed by atoms with van der Waals surface area (Å²) in [7, 11) is 0. The van der Waals surface area contributed by atoms with Gasteiger partial charge in [-0.3, -0.25) is 4.79 Å². The van der Waals surface area contributed by atoms with E-state index in [1.54, 1.807) is 0 Å². The van der Waals surface area contributed by atoms with E-state index in [1.807, 2.05) is 6.07 Å². The van der Waals surface area contributed by atoms with Gasteiger partial charge in [0.25, 0.3) is 5.91 Å². The van der Waals surface area contributed by atoms with Crippen LogP contribution in [0.4, 0.5) is 4.39 Å². The van der Waals surface area contributed by atoms with Gasteiger partial charge in [0.15, 0.2) is 5.82 Å². The Labute approximate surface area is 116 Å². The van der Waals surface area contributed by atoms with Gasteiger partial charge in [-0.2, -0.15) is 5.26 Å². The molecular weight excluding hydrogens is 267 g/mol. The molecule has 5 heteroatoms. The van der Waals surface area contributed by atoms with Crippen molar-refractivity contribution in [3.8, 4) is 6.07 Å². The van der Waals surface area contributed by atoms with Crippen LogP contribution in [0.3, 0.4) is 0 Å². The van der Waals surface area contributed by atoms with Crippen molar-refractivity contribution in [1.82, 2.24) is 4.90 Å². The molecule has 2 rings (SSSR count). The van der Waals surface area contributed by atoms with Crippen molar-refractivity contribution in [2.24, 2.45) is 0 Å². The number of rotatable bonds is 3. The van der Waals surface area contributed by atoms with Gasteiger partial charge < -0.3 is 4.90 Å². The molecule has 3 nitrogen and oxygen atoms in total. The highest BCUT2D eigenvalue weighted by atomic mass is 35.5. The first kappa shape index (κ1) is 13.8. The average molecular weight is 281 g/mol. The molecule has 1 aliphatic rings. The van der Waals surface area contributed by atoms with Crippen LogP contribution in [0.2, 0.25) is 5.02 Å². The lowest BCUT2D eigenvalue weighted by atomic mass is 10.1. The van der Waals surface area contributed by atoms with Crippen molar-refractivity contribution in [3.63, 3.8) is 0 Å². The van der Waals surface area contributed by atoms with Gasteiger partial charge in [0, 0.05) is 6.04 Å². The maximum absolute atomic E-state index is 13.9. The summed E-state index contributed by atoms with van der Waals surface area (Å²) in [4.78, 5) is 13.8. The highest BCUT2D eigenvalue weighted by Crippen LogP contribution is 2.26. The van der Waals surface area contributed by atoms with E-state index in [9.17, 15) is 9.18 Å². The van der Waals surface area contributed by atoms with Crippen molar-refractivity contribution in [3.05, 3.63) is 34.6 Å². The number of halogens is 2. The molecule has 0 atom stereocenters. The Balaban J connectivity index is 2.28. The molecule has 0 aliphatic heterocycles. The molecule has 1 aromatic rings. The Hall–Kier alpha value is -1.60. The number of carbonyl (C=O) groups excluding carboxylic acids is 1. The first-order valence-corrected chi connectivity index (χ1v) is 6.65. The molecule has 19 heavy (non-hydrogen) atoms. The summed E-state index contributed by atoms with van der Waals surface area (Å²) < 4.78 is 13.9. The van der Waals surface area contributed by atoms with Gasteiger partial charge in [-0.05, 0) is 25.0 Å². The fourth-order valence-electron chi connectivity index (χ4n) is 2.48. The summed E-state index contributed by atoms with van der Waals surface area (Å²) in [6.07, 6.45) is 3.82. The maximum atomic E-state index is 13.9. The number of hydrogen-bond acceptors (Lipinski definition) is 2. The molecular formula is C14H14ClFN2O. The van der Waals surface area contributed by atoms with Crippen molar-refractivity contribution in [1.29, 1.82) is 5.26 Å². The molecule has 0 aromatic heterocycles. The van der Waals surface area contributed by atoms with Gasteiger partial charge in [0.05, 0.1) is 16.7 Å². The van der Waals surface area contributed by atoms with E-state index in [2.05, 4.69) is 0 Å². The molecule has 1 saturated carbocycles. The molecule has 0 radical (unpaired) electrons.